The van der Waals surface area contributed by atoms with Gasteiger partial charge in [0.25, 0.3) is 0 Å². The Morgan fingerprint density at radius 3 is 0.917 bits per heavy atom. The highest BCUT2D eigenvalue weighted by molar-refractivity contribution is 5.47. The van der Waals surface area contributed by atoms with Gasteiger partial charge >= 0.3 is 0 Å². The zero-order chi connectivity index (χ0) is 18.4. The fourth-order valence-electron chi connectivity index (χ4n) is 4.39. The second-order valence-electron chi connectivity index (χ2n) is 7.13. The summed E-state index contributed by atoms with van der Waals surface area (Å²) in [7, 11) is 0. The Bertz CT molecular complexity index is 431. The van der Waals surface area contributed by atoms with Gasteiger partial charge in [-0.1, -0.05) is 54.2 Å². The Morgan fingerprint density at radius 2 is 0.792 bits per heavy atom. The molecule has 0 spiro atoms. The van der Waals surface area contributed by atoms with Gasteiger partial charge in [0.15, 0.2) is 0 Å². The summed E-state index contributed by atoms with van der Waals surface area (Å²) >= 11 is 0. The van der Waals surface area contributed by atoms with Crippen molar-refractivity contribution in [2.24, 2.45) is 35.0 Å². The van der Waals surface area contributed by atoms with Crippen molar-refractivity contribution in [2.75, 3.05) is 19.6 Å². The van der Waals surface area contributed by atoms with Gasteiger partial charge in [0.1, 0.15) is 0 Å². The average Bonchev–Trinajstić information content (AvgIpc) is 2.63. The second kappa shape index (κ2) is 9.55. The third-order valence-corrected chi connectivity index (χ3v) is 6.03. The normalized spacial score (nSPS) is 24.4. The van der Waals surface area contributed by atoms with Gasteiger partial charge in [0.05, 0.1) is 0 Å². The molecule has 0 heterocycles. The molecule has 1 fully saturated rings. The van der Waals surface area contributed by atoms with Crippen LogP contribution in [0.4, 0.5) is 0 Å². The number of allylic oxidation sites excluding steroid dienone is 3. The van der Waals surface area contributed by atoms with E-state index in [2.05, 4.69) is 41.5 Å². The zero-order valence-corrected chi connectivity index (χ0v) is 16.7. The molecule has 0 aromatic heterocycles. The van der Waals surface area contributed by atoms with Crippen LogP contribution >= 0.6 is 0 Å². The molecule has 0 atom stereocenters. The van der Waals surface area contributed by atoms with E-state index in [1.54, 1.807) is 0 Å². The first kappa shape index (κ1) is 21.1. The Labute approximate surface area is 149 Å². The summed E-state index contributed by atoms with van der Waals surface area (Å²) in [6.45, 7) is 15.4. The van der Waals surface area contributed by atoms with E-state index in [0.717, 1.165) is 19.3 Å². The van der Waals surface area contributed by atoms with Crippen LogP contribution in [0.5, 0.6) is 0 Å². The molecule has 0 aromatic rings. The Morgan fingerprint density at radius 1 is 0.583 bits per heavy atom. The number of rotatable bonds is 6. The molecule has 0 unspecified atom stereocenters. The van der Waals surface area contributed by atoms with E-state index in [9.17, 15) is 0 Å². The van der Waals surface area contributed by atoms with Gasteiger partial charge in [-0.25, -0.2) is 0 Å². The molecule has 0 bridgehead atoms. The van der Waals surface area contributed by atoms with Crippen LogP contribution in [0.2, 0.25) is 0 Å². The van der Waals surface area contributed by atoms with Crippen LogP contribution in [0, 0.1) is 17.8 Å². The lowest BCUT2D eigenvalue weighted by atomic mass is 9.61. The number of nitrogens with two attached hydrogens (primary N) is 3. The summed E-state index contributed by atoms with van der Waals surface area (Å²) in [5.41, 5.74) is 27.6. The first-order valence-corrected chi connectivity index (χ1v) is 9.61. The average molecular weight is 334 g/mol. The first-order valence-electron chi connectivity index (χ1n) is 9.61. The molecule has 1 rings (SSSR count). The van der Waals surface area contributed by atoms with Crippen molar-refractivity contribution in [2.45, 2.75) is 60.8 Å². The third kappa shape index (κ3) is 3.84. The molecule has 1 aliphatic rings. The molecule has 0 saturated heterocycles. The molecule has 0 aromatic carbocycles. The number of hydrogen-bond acceptors (Lipinski definition) is 3. The minimum atomic E-state index is 0.292. The maximum atomic E-state index is 6.29. The standard InChI is InChI=1S/C21H39N3/c1-7-13(4)19-16(10-22)20(14(5)8-2)18(12-24)21(15(6)9-3)17(19)11-23/h16-18H,7-12,22-24H2,1-6H3. The summed E-state index contributed by atoms with van der Waals surface area (Å²) in [5, 5.41) is 0. The van der Waals surface area contributed by atoms with Gasteiger partial charge in [-0.15, -0.1) is 0 Å². The molecule has 1 saturated carbocycles. The van der Waals surface area contributed by atoms with Gasteiger partial charge in [0.2, 0.25) is 0 Å². The Balaban J connectivity index is 3.82. The molecule has 3 nitrogen and oxygen atoms in total. The molecular formula is C21H39N3. The first-order chi connectivity index (χ1) is 11.4. The minimum Gasteiger partial charge on any atom is -0.330 e. The summed E-state index contributed by atoms with van der Waals surface area (Å²) in [6, 6.07) is 0. The van der Waals surface area contributed by atoms with E-state index < -0.39 is 0 Å². The fourth-order valence-corrected chi connectivity index (χ4v) is 4.39. The van der Waals surface area contributed by atoms with Crippen LogP contribution in [0.25, 0.3) is 0 Å². The van der Waals surface area contributed by atoms with Crippen LogP contribution in [0.3, 0.4) is 0 Å². The molecule has 138 valence electrons. The van der Waals surface area contributed by atoms with E-state index >= 15 is 0 Å². The third-order valence-electron chi connectivity index (χ3n) is 6.03. The summed E-state index contributed by atoms with van der Waals surface area (Å²) in [4.78, 5) is 0. The molecule has 0 amide bonds. The maximum absolute atomic E-state index is 6.29. The lowest BCUT2D eigenvalue weighted by Crippen LogP contribution is -2.42. The van der Waals surface area contributed by atoms with Crippen LogP contribution in [0.1, 0.15) is 60.8 Å². The Kier molecular flexibility index (Phi) is 8.41. The maximum Gasteiger partial charge on any atom is 0.0148 e. The highest BCUT2D eigenvalue weighted by atomic mass is 14.7. The van der Waals surface area contributed by atoms with E-state index in [4.69, 9.17) is 17.2 Å². The highest BCUT2D eigenvalue weighted by Gasteiger charge is 2.40. The van der Waals surface area contributed by atoms with Gasteiger partial charge in [-0.2, -0.15) is 0 Å². The Hall–Kier alpha value is -0.900. The van der Waals surface area contributed by atoms with Crippen LogP contribution in [-0.4, -0.2) is 19.6 Å². The van der Waals surface area contributed by atoms with Gasteiger partial charge in [-0.05, 0) is 40.0 Å². The van der Waals surface area contributed by atoms with E-state index in [-0.39, 0.29) is 0 Å². The van der Waals surface area contributed by atoms with Crippen molar-refractivity contribution in [3.8, 4) is 0 Å². The molecule has 0 aliphatic heterocycles. The van der Waals surface area contributed by atoms with E-state index in [1.165, 1.54) is 33.4 Å². The quantitative estimate of drug-likeness (QED) is 0.645. The van der Waals surface area contributed by atoms with E-state index in [0.29, 0.717) is 37.4 Å². The van der Waals surface area contributed by atoms with E-state index in [1.807, 2.05) is 0 Å². The summed E-state index contributed by atoms with van der Waals surface area (Å²) in [6.07, 6.45) is 3.14. The van der Waals surface area contributed by atoms with Gasteiger partial charge < -0.3 is 17.2 Å². The van der Waals surface area contributed by atoms with Crippen molar-refractivity contribution in [3.05, 3.63) is 33.4 Å². The van der Waals surface area contributed by atoms with Crippen LogP contribution < -0.4 is 17.2 Å². The number of hydrogen-bond donors (Lipinski definition) is 3. The van der Waals surface area contributed by atoms with Crippen LogP contribution in [-0.2, 0) is 0 Å². The van der Waals surface area contributed by atoms with Crippen molar-refractivity contribution >= 4 is 0 Å². The zero-order valence-electron chi connectivity index (χ0n) is 16.7. The predicted octanol–water partition coefficient (Wildman–Crippen LogP) is 3.90. The van der Waals surface area contributed by atoms with Crippen molar-refractivity contribution in [3.63, 3.8) is 0 Å². The second-order valence-corrected chi connectivity index (χ2v) is 7.13. The smallest absolute Gasteiger partial charge is 0.0148 e. The van der Waals surface area contributed by atoms with Crippen molar-refractivity contribution in [1.82, 2.24) is 0 Å². The lowest BCUT2D eigenvalue weighted by molar-refractivity contribution is 0.444. The fraction of sp³-hybridized carbons (Fsp3) is 0.714. The molecule has 24 heavy (non-hydrogen) atoms. The van der Waals surface area contributed by atoms with Crippen LogP contribution in [0.15, 0.2) is 33.4 Å². The monoisotopic (exact) mass is 333 g/mol. The molecule has 3 heteroatoms. The van der Waals surface area contributed by atoms with Crippen molar-refractivity contribution in [1.29, 1.82) is 0 Å². The summed E-state index contributed by atoms with van der Waals surface area (Å²) in [5.74, 6) is 0.876. The summed E-state index contributed by atoms with van der Waals surface area (Å²) < 4.78 is 0. The largest absolute Gasteiger partial charge is 0.330 e. The molecular weight excluding hydrogens is 294 g/mol. The highest BCUT2D eigenvalue weighted by Crippen LogP contribution is 2.48. The van der Waals surface area contributed by atoms with Gasteiger partial charge in [0, 0.05) is 37.4 Å². The molecule has 1 aliphatic carbocycles. The van der Waals surface area contributed by atoms with Crippen molar-refractivity contribution < 1.29 is 0 Å². The molecule has 0 radical (unpaired) electrons. The van der Waals surface area contributed by atoms with Gasteiger partial charge in [-0.3, -0.25) is 0 Å². The lowest BCUT2D eigenvalue weighted by Gasteiger charge is -2.44. The minimum absolute atomic E-state index is 0.292. The molecule has 6 N–H and O–H groups in total. The SMILES string of the molecule is CCC(C)=C1C(CN)C(=C(C)CC)C(CN)C(=C(C)CC)C1CN. The predicted molar refractivity (Wildman–Crippen MR) is 107 cm³/mol. The topological polar surface area (TPSA) is 78.1 Å².